The van der Waals surface area contributed by atoms with Crippen molar-refractivity contribution in [3.63, 3.8) is 0 Å². The van der Waals surface area contributed by atoms with E-state index in [4.69, 9.17) is 17.3 Å². The van der Waals surface area contributed by atoms with Crippen LogP contribution in [0.4, 0.5) is 0 Å². The average molecular weight is 468 g/mol. The van der Waals surface area contributed by atoms with Crippen molar-refractivity contribution in [2.75, 3.05) is 6.54 Å². The number of amides is 2. The lowest BCUT2D eigenvalue weighted by molar-refractivity contribution is -0.125. The molecule has 1 aromatic carbocycles. The maximum absolute atomic E-state index is 13.1. The summed E-state index contributed by atoms with van der Waals surface area (Å²) >= 11 is 6.08. The molecule has 2 amide bonds. The predicted molar refractivity (Wildman–Crippen MR) is 124 cm³/mol. The molecule has 172 valence electrons. The molecule has 3 aromatic rings. The van der Waals surface area contributed by atoms with Crippen LogP contribution >= 0.6 is 11.6 Å². The van der Waals surface area contributed by atoms with E-state index < -0.39 is 12.1 Å². The van der Waals surface area contributed by atoms with Crippen LogP contribution < -0.4 is 11.1 Å². The number of halogens is 1. The van der Waals surface area contributed by atoms with Gasteiger partial charge in [-0.3, -0.25) is 14.6 Å². The molecule has 1 fully saturated rings. The third-order valence-corrected chi connectivity index (χ3v) is 6.17. The molecule has 1 unspecified atom stereocenters. The molecule has 0 bridgehead atoms. The van der Waals surface area contributed by atoms with Gasteiger partial charge in [-0.1, -0.05) is 17.7 Å². The Morgan fingerprint density at radius 2 is 2.00 bits per heavy atom. The number of carbonyl (C=O) groups excluding carboxylic acids is 2. The second-order valence-electron chi connectivity index (χ2n) is 8.02. The molecule has 2 aromatic heterocycles. The molecule has 0 aliphatic carbocycles. The number of likely N-dealkylation sites (tertiary alicyclic amines) is 1. The summed E-state index contributed by atoms with van der Waals surface area (Å²) in [6.07, 6.45) is 5.26. The number of aromatic nitrogens is 2. The van der Waals surface area contributed by atoms with Crippen LogP contribution in [0.3, 0.4) is 0 Å². The Bertz CT molecular complexity index is 1130. The summed E-state index contributed by atoms with van der Waals surface area (Å²) in [5, 5.41) is 14.1. The molecule has 1 aliphatic rings. The van der Waals surface area contributed by atoms with Gasteiger partial charge >= 0.3 is 0 Å². The Kier molecular flexibility index (Phi) is 7.08. The van der Waals surface area contributed by atoms with E-state index in [1.165, 1.54) is 0 Å². The number of nitrogens with two attached hydrogens (primary N) is 1. The summed E-state index contributed by atoms with van der Waals surface area (Å²) in [7, 11) is 0. The number of nitrogens with one attached hydrogen (secondary N) is 2. The van der Waals surface area contributed by atoms with Crippen molar-refractivity contribution in [1.82, 2.24) is 20.2 Å². The Balaban J connectivity index is 1.43. The highest BCUT2D eigenvalue weighted by Gasteiger charge is 2.35. The second-order valence-corrected chi connectivity index (χ2v) is 8.46. The summed E-state index contributed by atoms with van der Waals surface area (Å²) < 4.78 is 0. The number of aliphatic hydroxyl groups is 1. The molecule has 5 N–H and O–H groups in total. The van der Waals surface area contributed by atoms with Gasteiger partial charge in [0, 0.05) is 48.8 Å². The first kappa shape index (κ1) is 23.0. The van der Waals surface area contributed by atoms with Crippen LogP contribution in [0.2, 0.25) is 5.02 Å². The quantitative estimate of drug-likeness (QED) is 0.425. The largest absolute Gasteiger partial charge is 0.384 e. The van der Waals surface area contributed by atoms with Gasteiger partial charge in [0.1, 0.15) is 17.8 Å². The minimum absolute atomic E-state index is 0.215. The highest BCUT2D eigenvalue weighted by Crippen LogP contribution is 2.25. The highest BCUT2D eigenvalue weighted by molar-refractivity contribution is 6.30. The summed E-state index contributed by atoms with van der Waals surface area (Å²) in [5.41, 5.74) is 9.13. The van der Waals surface area contributed by atoms with E-state index >= 15 is 0 Å². The zero-order valence-corrected chi connectivity index (χ0v) is 18.8. The van der Waals surface area contributed by atoms with Crippen LogP contribution in [0, 0.1) is 0 Å². The molecule has 0 spiro atoms. The maximum Gasteiger partial charge on any atom is 0.270 e. The number of carbonyl (C=O) groups is 2. The number of hydrogen-bond acceptors (Lipinski definition) is 5. The Morgan fingerprint density at radius 1 is 1.21 bits per heavy atom. The van der Waals surface area contributed by atoms with Crippen molar-refractivity contribution in [2.24, 2.45) is 5.73 Å². The number of pyridine rings is 1. The molecule has 3 heterocycles. The van der Waals surface area contributed by atoms with Crippen molar-refractivity contribution in [2.45, 2.75) is 38.1 Å². The second kappa shape index (κ2) is 10.2. The van der Waals surface area contributed by atoms with Crippen molar-refractivity contribution in [3.8, 4) is 0 Å². The van der Waals surface area contributed by atoms with Crippen molar-refractivity contribution in [1.29, 1.82) is 0 Å². The molecule has 33 heavy (non-hydrogen) atoms. The molecule has 9 heteroatoms. The number of hydrogen-bond donors (Lipinski definition) is 4. The lowest BCUT2D eigenvalue weighted by Gasteiger charge is -2.23. The van der Waals surface area contributed by atoms with Crippen LogP contribution in [0.25, 0.3) is 0 Å². The fourth-order valence-electron chi connectivity index (χ4n) is 4.13. The number of aliphatic hydroxyl groups excluding tert-OH is 1. The van der Waals surface area contributed by atoms with E-state index in [2.05, 4.69) is 15.3 Å². The third-order valence-electron chi connectivity index (χ3n) is 5.93. The van der Waals surface area contributed by atoms with Crippen LogP contribution in [-0.2, 0) is 17.9 Å². The molecule has 2 atom stereocenters. The van der Waals surface area contributed by atoms with Gasteiger partial charge in [-0.25, -0.2) is 0 Å². The fraction of sp³-hybridized carbons (Fsp3) is 0.292. The molecular formula is C24H26ClN5O3. The third kappa shape index (κ3) is 5.08. The van der Waals surface area contributed by atoms with Gasteiger partial charge in [0.2, 0.25) is 5.91 Å². The van der Waals surface area contributed by atoms with Gasteiger partial charge in [-0.2, -0.15) is 0 Å². The predicted octanol–water partition coefficient (Wildman–Crippen LogP) is 2.52. The van der Waals surface area contributed by atoms with Gasteiger partial charge < -0.3 is 26.0 Å². The normalized spacial score (nSPS) is 16.6. The van der Waals surface area contributed by atoms with Crippen LogP contribution in [-0.4, -0.2) is 44.4 Å². The highest BCUT2D eigenvalue weighted by atomic mass is 35.5. The summed E-state index contributed by atoms with van der Waals surface area (Å²) in [6.45, 7) is 1.12. The topological polar surface area (TPSA) is 124 Å². The smallest absolute Gasteiger partial charge is 0.270 e. The van der Waals surface area contributed by atoms with E-state index in [0.29, 0.717) is 41.4 Å². The monoisotopic (exact) mass is 467 g/mol. The first-order valence-electron chi connectivity index (χ1n) is 10.8. The van der Waals surface area contributed by atoms with Gasteiger partial charge in [0.15, 0.2) is 0 Å². The standard InChI is InChI=1S/C24H26ClN5O3/c25-19-4-3-16(12-26)17(10-19)13-29-23(32)21-2-1-9-30(21)24(33)20-11-18(14-28-20)22(31)15-5-7-27-8-6-15/h3-8,10-11,14,21-22,28,31H,1-2,9,12-13,26H2,(H,29,32)/t21-,22?/m0/s1. The minimum Gasteiger partial charge on any atom is -0.384 e. The number of H-pyrrole nitrogens is 1. The van der Waals surface area contributed by atoms with Crippen molar-refractivity contribution < 1.29 is 14.7 Å². The molecular weight excluding hydrogens is 442 g/mol. The minimum atomic E-state index is -0.877. The number of nitrogens with zero attached hydrogens (tertiary/aromatic N) is 2. The summed E-state index contributed by atoms with van der Waals surface area (Å²) in [6, 6.07) is 9.90. The molecule has 0 radical (unpaired) electrons. The van der Waals surface area contributed by atoms with E-state index in [1.54, 1.807) is 53.8 Å². The van der Waals surface area contributed by atoms with E-state index in [-0.39, 0.29) is 18.4 Å². The van der Waals surface area contributed by atoms with Gasteiger partial charge in [-0.05, 0) is 59.9 Å². The van der Waals surface area contributed by atoms with Crippen LogP contribution in [0.5, 0.6) is 0 Å². The first-order chi connectivity index (χ1) is 16.0. The average Bonchev–Trinajstić information content (AvgIpc) is 3.53. The Hall–Kier alpha value is -3.20. The first-order valence-corrected chi connectivity index (χ1v) is 11.2. The SMILES string of the molecule is NCc1ccc(Cl)cc1CNC(=O)[C@@H]1CCCN1C(=O)c1cc(C(O)c2ccncc2)c[nH]1. The van der Waals surface area contributed by atoms with Crippen molar-refractivity contribution in [3.05, 3.63) is 88.0 Å². The molecule has 8 nitrogen and oxygen atoms in total. The lowest BCUT2D eigenvalue weighted by Crippen LogP contribution is -2.45. The number of aromatic amines is 1. The van der Waals surface area contributed by atoms with E-state index in [1.807, 2.05) is 6.07 Å². The Labute approximate surface area is 196 Å². The zero-order valence-electron chi connectivity index (χ0n) is 18.0. The number of rotatable bonds is 7. The van der Waals surface area contributed by atoms with Crippen LogP contribution in [0.15, 0.2) is 55.0 Å². The van der Waals surface area contributed by atoms with E-state index in [0.717, 1.165) is 17.5 Å². The number of benzene rings is 1. The summed E-state index contributed by atoms with van der Waals surface area (Å²) in [4.78, 5) is 34.5. The summed E-state index contributed by atoms with van der Waals surface area (Å²) in [5.74, 6) is -0.487. The van der Waals surface area contributed by atoms with Gasteiger partial charge in [-0.15, -0.1) is 0 Å². The molecule has 0 saturated carbocycles. The fourth-order valence-corrected chi connectivity index (χ4v) is 4.32. The molecule has 1 saturated heterocycles. The van der Waals surface area contributed by atoms with Gasteiger partial charge in [0.25, 0.3) is 5.91 Å². The Morgan fingerprint density at radius 3 is 2.76 bits per heavy atom. The van der Waals surface area contributed by atoms with Gasteiger partial charge in [0.05, 0.1) is 0 Å². The van der Waals surface area contributed by atoms with Crippen LogP contribution in [0.1, 0.15) is 51.7 Å². The molecule has 1 aliphatic heterocycles. The maximum atomic E-state index is 13.1. The lowest BCUT2D eigenvalue weighted by atomic mass is 10.1. The van der Waals surface area contributed by atoms with E-state index in [9.17, 15) is 14.7 Å². The molecule has 4 rings (SSSR count). The van der Waals surface area contributed by atoms with Crippen molar-refractivity contribution >= 4 is 23.4 Å². The zero-order chi connectivity index (χ0) is 23.4.